The first kappa shape index (κ1) is 14.0. The van der Waals surface area contributed by atoms with Gasteiger partial charge in [0.25, 0.3) is 5.91 Å². The molecular weight excluding hydrogens is 264 g/mol. The summed E-state index contributed by atoms with van der Waals surface area (Å²) in [5.41, 5.74) is 5.86. The lowest BCUT2D eigenvalue weighted by Crippen LogP contribution is -2.19. The summed E-state index contributed by atoms with van der Waals surface area (Å²) >= 11 is 0. The molecule has 20 heavy (non-hydrogen) atoms. The Balaban J connectivity index is 2.34. The van der Waals surface area contributed by atoms with E-state index in [-0.39, 0.29) is 11.7 Å². The molecule has 6 heteroatoms. The molecule has 0 saturated carbocycles. The summed E-state index contributed by atoms with van der Waals surface area (Å²) in [5, 5.41) is 2.24. The quantitative estimate of drug-likeness (QED) is 0.906. The van der Waals surface area contributed by atoms with E-state index in [2.05, 4.69) is 5.32 Å². The van der Waals surface area contributed by atoms with Crippen molar-refractivity contribution in [2.24, 2.45) is 0 Å². The van der Waals surface area contributed by atoms with Gasteiger partial charge in [0.15, 0.2) is 0 Å². The minimum Gasteiger partial charge on any atom is -0.397 e. The fourth-order valence-electron chi connectivity index (χ4n) is 1.90. The van der Waals surface area contributed by atoms with Crippen LogP contribution < -0.4 is 11.1 Å². The van der Waals surface area contributed by atoms with Gasteiger partial charge < -0.3 is 15.6 Å². The Hall–Kier alpha value is -2.37. The molecule has 0 radical (unpaired) electrons. The molecule has 4 nitrogen and oxygen atoms in total. The van der Waals surface area contributed by atoms with Crippen LogP contribution in [0.25, 0.3) is 0 Å². The Bertz CT molecular complexity index is 630. The van der Waals surface area contributed by atoms with E-state index >= 15 is 0 Å². The second kappa shape index (κ2) is 5.32. The van der Waals surface area contributed by atoms with Gasteiger partial charge in [-0.2, -0.15) is 0 Å². The number of nitrogen functional groups attached to an aromatic ring is 1. The molecule has 1 amide bonds. The Morgan fingerprint density at radius 1 is 1.30 bits per heavy atom. The van der Waals surface area contributed by atoms with Crippen molar-refractivity contribution in [2.75, 3.05) is 11.1 Å². The molecule has 2 rings (SSSR count). The van der Waals surface area contributed by atoms with Crippen LogP contribution in [0.4, 0.5) is 20.2 Å². The van der Waals surface area contributed by atoms with Gasteiger partial charge in [-0.15, -0.1) is 0 Å². The van der Waals surface area contributed by atoms with Crippen LogP contribution in [0.5, 0.6) is 0 Å². The van der Waals surface area contributed by atoms with Crippen molar-refractivity contribution in [3.8, 4) is 0 Å². The maximum Gasteiger partial charge on any atom is 0.272 e. The largest absolute Gasteiger partial charge is 0.397 e. The van der Waals surface area contributed by atoms with E-state index in [1.54, 1.807) is 10.8 Å². The summed E-state index contributed by atoms with van der Waals surface area (Å²) in [4.78, 5) is 12.1. The summed E-state index contributed by atoms with van der Waals surface area (Å²) < 4.78 is 28.7. The van der Waals surface area contributed by atoms with Crippen molar-refractivity contribution in [1.29, 1.82) is 0 Å². The molecule has 3 N–H and O–H groups in total. The van der Waals surface area contributed by atoms with Gasteiger partial charge in [-0.1, -0.05) is 6.07 Å². The van der Waals surface area contributed by atoms with Crippen molar-refractivity contribution >= 4 is 17.3 Å². The number of carbonyl (C=O) groups is 1. The van der Waals surface area contributed by atoms with Crippen LogP contribution in [0.3, 0.4) is 0 Å². The van der Waals surface area contributed by atoms with Gasteiger partial charge in [-0.25, -0.2) is 8.78 Å². The fraction of sp³-hybridized carbons (Fsp3) is 0.214. The lowest BCUT2D eigenvalue weighted by Gasteiger charge is -2.13. The number of aromatic nitrogens is 1. The number of anilines is 2. The highest BCUT2D eigenvalue weighted by atomic mass is 19.1. The Morgan fingerprint density at radius 3 is 2.45 bits per heavy atom. The Kier molecular flexibility index (Phi) is 3.74. The molecule has 106 valence electrons. The number of benzene rings is 1. The molecule has 0 aliphatic heterocycles. The molecule has 0 bridgehead atoms. The average molecular weight is 279 g/mol. The van der Waals surface area contributed by atoms with E-state index in [0.717, 1.165) is 12.1 Å². The monoisotopic (exact) mass is 279 g/mol. The molecule has 0 unspecified atom stereocenters. The van der Waals surface area contributed by atoms with Crippen LogP contribution in [-0.4, -0.2) is 10.5 Å². The van der Waals surface area contributed by atoms with Gasteiger partial charge in [0.2, 0.25) is 0 Å². The number of para-hydroxylation sites is 1. The third-order valence-corrected chi connectivity index (χ3v) is 2.86. The molecule has 1 heterocycles. The molecule has 1 aromatic carbocycles. The highest BCUT2D eigenvalue weighted by Gasteiger charge is 2.18. The van der Waals surface area contributed by atoms with Crippen molar-refractivity contribution < 1.29 is 13.6 Å². The molecule has 0 aliphatic carbocycles. The lowest BCUT2D eigenvalue weighted by atomic mass is 10.2. The molecular formula is C14H15F2N3O. The first-order valence-electron chi connectivity index (χ1n) is 6.13. The summed E-state index contributed by atoms with van der Waals surface area (Å²) in [6, 6.07) is 4.85. The summed E-state index contributed by atoms with van der Waals surface area (Å²) in [6.07, 6.45) is 1.61. The number of nitrogens with two attached hydrogens (primary N) is 1. The second-order valence-electron chi connectivity index (χ2n) is 4.71. The summed E-state index contributed by atoms with van der Waals surface area (Å²) in [5.74, 6) is -2.26. The van der Waals surface area contributed by atoms with E-state index in [1.807, 2.05) is 13.8 Å². The highest BCUT2D eigenvalue weighted by molar-refractivity contribution is 6.04. The summed E-state index contributed by atoms with van der Waals surface area (Å²) in [7, 11) is 0. The number of nitrogens with one attached hydrogen (secondary N) is 1. The fourth-order valence-corrected chi connectivity index (χ4v) is 1.90. The number of carbonyl (C=O) groups excluding carboxylic acids is 1. The van der Waals surface area contributed by atoms with Crippen molar-refractivity contribution in [1.82, 2.24) is 4.57 Å². The van der Waals surface area contributed by atoms with Crippen LogP contribution >= 0.6 is 0 Å². The van der Waals surface area contributed by atoms with Crippen LogP contribution in [0, 0.1) is 11.6 Å². The zero-order chi connectivity index (χ0) is 14.9. The lowest BCUT2D eigenvalue weighted by molar-refractivity contribution is 0.101. The SMILES string of the molecule is CC(C)n1cc(N)cc1C(=O)Nc1c(F)cccc1F. The predicted molar refractivity (Wildman–Crippen MR) is 73.5 cm³/mol. The number of halogens is 2. The van der Waals surface area contributed by atoms with Crippen molar-refractivity contribution in [2.45, 2.75) is 19.9 Å². The minimum atomic E-state index is -0.825. The third-order valence-electron chi connectivity index (χ3n) is 2.86. The third kappa shape index (κ3) is 2.64. The van der Waals surface area contributed by atoms with Crippen molar-refractivity contribution in [3.05, 3.63) is 47.8 Å². The van der Waals surface area contributed by atoms with E-state index in [0.29, 0.717) is 5.69 Å². The second-order valence-corrected chi connectivity index (χ2v) is 4.71. The normalized spacial score (nSPS) is 10.8. The van der Waals surface area contributed by atoms with E-state index in [4.69, 9.17) is 5.73 Å². The minimum absolute atomic E-state index is 0.00137. The van der Waals surface area contributed by atoms with Gasteiger partial charge >= 0.3 is 0 Å². The van der Waals surface area contributed by atoms with Gasteiger partial charge in [0, 0.05) is 12.2 Å². The van der Waals surface area contributed by atoms with Crippen LogP contribution in [0.15, 0.2) is 30.5 Å². The van der Waals surface area contributed by atoms with Crippen LogP contribution in [0.2, 0.25) is 0 Å². The van der Waals surface area contributed by atoms with Crippen LogP contribution in [0.1, 0.15) is 30.4 Å². The maximum atomic E-state index is 13.5. The van der Waals surface area contributed by atoms with Gasteiger partial charge in [0.05, 0.1) is 5.69 Å². The van der Waals surface area contributed by atoms with Crippen LogP contribution in [-0.2, 0) is 0 Å². The predicted octanol–water partition coefficient (Wildman–Crippen LogP) is 3.18. The van der Waals surface area contributed by atoms with Gasteiger partial charge in [-0.3, -0.25) is 4.79 Å². The number of amides is 1. The van der Waals surface area contributed by atoms with E-state index in [1.165, 1.54) is 12.1 Å². The van der Waals surface area contributed by atoms with E-state index < -0.39 is 23.2 Å². The smallest absolute Gasteiger partial charge is 0.272 e. The standard InChI is InChI=1S/C14H15F2N3O/c1-8(2)19-7-9(17)6-12(19)14(20)18-13-10(15)4-3-5-11(13)16/h3-8H,17H2,1-2H3,(H,18,20). The Morgan fingerprint density at radius 2 is 1.90 bits per heavy atom. The van der Waals surface area contributed by atoms with Gasteiger partial charge in [-0.05, 0) is 32.0 Å². The van der Waals surface area contributed by atoms with Gasteiger partial charge in [0.1, 0.15) is 23.0 Å². The number of hydrogen-bond donors (Lipinski definition) is 2. The molecule has 0 atom stereocenters. The molecule has 0 aliphatic rings. The Labute approximate surface area is 115 Å². The molecule has 0 spiro atoms. The number of rotatable bonds is 3. The zero-order valence-corrected chi connectivity index (χ0v) is 11.2. The summed E-state index contributed by atoms with van der Waals surface area (Å²) in [6.45, 7) is 3.75. The number of nitrogens with zero attached hydrogens (tertiary/aromatic N) is 1. The maximum absolute atomic E-state index is 13.5. The number of hydrogen-bond acceptors (Lipinski definition) is 2. The topological polar surface area (TPSA) is 60.0 Å². The molecule has 2 aromatic rings. The van der Waals surface area contributed by atoms with E-state index in [9.17, 15) is 13.6 Å². The molecule has 0 fully saturated rings. The highest BCUT2D eigenvalue weighted by Crippen LogP contribution is 2.21. The molecule has 0 saturated heterocycles. The first-order chi connectivity index (χ1) is 9.40. The van der Waals surface area contributed by atoms with Crippen molar-refractivity contribution in [3.63, 3.8) is 0 Å². The molecule has 1 aromatic heterocycles. The average Bonchev–Trinajstić information content (AvgIpc) is 2.76. The zero-order valence-electron chi connectivity index (χ0n) is 11.2. The first-order valence-corrected chi connectivity index (χ1v) is 6.13.